The average Bonchev–Trinajstić information content (AvgIpc) is 2.95. The summed E-state index contributed by atoms with van der Waals surface area (Å²) < 4.78 is 2.08. The zero-order valence-electron chi connectivity index (χ0n) is 10.4. The van der Waals surface area contributed by atoms with Gasteiger partial charge in [0.15, 0.2) is 5.13 Å². The van der Waals surface area contributed by atoms with E-state index < -0.39 is 0 Å². The fraction of sp³-hybridized carbons (Fsp3) is 0.214. The van der Waals surface area contributed by atoms with Gasteiger partial charge in [-0.05, 0) is 43.2 Å². The molecule has 0 amide bonds. The summed E-state index contributed by atoms with van der Waals surface area (Å²) in [5.74, 6) is 0. The maximum atomic E-state index is 5.91. The van der Waals surface area contributed by atoms with E-state index in [0.717, 1.165) is 28.0 Å². The summed E-state index contributed by atoms with van der Waals surface area (Å²) in [6, 6.07) is 10.4. The number of fused-ring (bicyclic) bond motifs is 1. The molecule has 2 heterocycles. The van der Waals surface area contributed by atoms with Crippen LogP contribution in [0.15, 0.2) is 30.3 Å². The molecule has 0 bridgehead atoms. The molecule has 0 unspecified atom stereocenters. The third kappa shape index (κ3) is 3.08. The average molecular weight is 309 g/mol. The van der Waals surface area contributed by atoms with Gasteiger partial charge in [-0.3, -0.25) is 0 Å². The van der Waals surface area contributed by atoms with E-state index in [4.69, 9.17) is 11.6 Å². The Morgan fingerprint density at radius 3 is 2.89 bits per heavy atom. The number of benzene rings is 1. The van der Waals surface area contributed by atoms with Gasteiger partial charge < -0.3 is 5.32 Å². The van der Waals surface area contributed by atoms with Crippen LogP contribution in [0.4, 0.5) is 5.13 Å². The molecule has 1 aromatic carbocycles. The van der Waals surface area contributed by atoms with Crippen molar-refractivity contribution in [1.29, 1.82) is 0 Å². The van der Waals surface area contributed by atoms with Crippen LogP contribution < -0.4 is 5.32 Å². The fourth-order valence-electron chi connectivity index (χ4n) is 1.89. The molecule has 19 heavy (non-hydrogen) atoms. The minimum Gasteiger partial charge on any atom is -0.361 e. The monoisotopic (exact) mass is 308 g/mol. The second-order valence-electron chi connectivity index (χ2n) is 4.37. The molecule has 0 atom stereocenters. The summed E-state index contributed by atoms with van der Waals surface area (Å²) in [5.41, 5.74) is 2.32. The Morgan fingerprint density at radius 2 is 2.11 bits per heavy atom. The van der Waals surface area contributed by atoms with Gasteiger partial charge in [0.2, 0.25) is 0 Å². The van der Waals surface area contributed by atoms with E-state index in [-0.39, 0.29) is 0 Å². The van der Waals surface area contributed by atoms with E-state index in [9.17, 15) is 0 Å². The maximum Gasteiger partial charge on any atom is 0.183 e. The molecule has 2 nitrogen and oxygen atoms in total. The first-order chi connectivity index (χ1) is 9.20. The lowest BCUT2D eigenvalue weighted by Crippen LogP contribution is -2.03. The molecule has 0 aliphatic carbocycles. The fourth-order valence-corrected chi connectivity index (χ4v) is 3.85. The highest BCUT2D eigenvalue weighted by Crippen LogP contribution is 2.27. The van der Waals surface area contributed by atoms with Crippen LogP contribution in [-0.2, 0) is 6.42 Å². The summed E-state index contributed by atoms with van der Waals surface area (Å²) in [6.45, 7) is 2.97. The Labute approximate surface area is 125 Å². The van der Waals surface area contributed by atoms with Crippen molar-refractivity contribution < 1.29 is 0 Å². The normalized spacial score (nSPS) is 11.1. The largest absolute Gasteiger partial charge is 0.361 e. The lowest BCUT2D eigenvalue weighted by molar-refractivity contribution is 1.04. The summed E-state index contributed by atoms with van der Waals surface area (Å²) >= 11 is 9.25. The number of hydrogen-bond donors (Lipinski definition) is 1. The number of anilines is 1. The van der Waals surface area contributed by atoms with Gasteiger partial charge in [0, 0.05) is 11.4 Å². The second kappa shape index (κ2) is 5.49. The topological polar surface area (TPSA) is 24.9 Å². The Balaban J connectivity index is 1.65. The van der Waals surface area contributed by atoms with Crippen molar-refractivity contribution in [2.24, 2.45) is 0 Å². The number of nitrogens with zero attached hydrogens (tertiary/aromatic N) is 1. The molecular formula is C14H13ClN2S2. The van der Waals surface area contributed by atoms with Crippen molar-refractivity contribution in [1.82, 2.24) is 4.98 Å². The van der Waals surface area contributed by atoms with Crippen molar-refractivity contribution in [3.8, 4) is 0 Å². The van der Waals surface area contributed by atoms with Gasteiger partial charge in [-0.2, -0.15) is 0 Å². The first-order valence-corrected chi connectivity index (χ1v) is 8.07. The maximum absolute atomic E-state index is 5.91. The highest BCUT2D eigenvalue weighted by atomic mass is 35.5. The molecule has 3 aromatic rings. The van der Waals surface area contributed by atoms with Gasteiger partial charge in [0.25, 0.3) is 0 Å². The van der Waals surface area contributed by atoms with Gasteiger partial charge in [0.05, 0.1) is 14.6 Å². The van der Waals surface area contributed by atoms with Gasteiger partial charge in [-0.15, -0.1) is 11.3 Å². The Bertz CT molecular complexity index is 702. The van der Waals surface area contributed by atoms with E-state index in [1.807, 2.05) is 6.07 Å². The second-order valence-corrected chi connectivity index (χ2v) is 7.20. The number of hydrogen-bond acceptors (Lipinski definition) is 4. The zero-order valence-corrected chi connectivity index (χ0v) is 12.8. The number of halogens is 1. The van der Waals surface area contributed by atoms with Crippen LogP contribution >= 0.6 is 34.3 Å². The molecule has 0 saturated heterocycles. The van der Waals surface area contributed by atoms with Gasteiger partial charge in [-0.1, -0.05) is 29.0 Å². The van der Waals surface area contributed by atoms with E-state index in [1.165, 1.54) is 15.1 Å². The molecule has 0 fully saturated rings. The van der Waals surface area contributed by atoms with Crippen molar-refractivity contribution >= 4 is 49.6 Å². The van der Waals surface area contributed by atoms with Crippen LogP contribution in [0, 0.1) is 6.92 Å². The predicted octanol–water partition coefficient (Wildman–Crippen LogP) is 4.97. The van der Waals surface area contributed by atoms with Crippen LogP contribution in [0.25, 0.3) is 10.2 Å². The molecule has 98 valence electrons. The van der Waals surface area contributed by atoms with Crippen molar-refractivity contribution in [2.45, 2.75) is 13.3 Å². The Hall–Kier alpha value is -1.10. The third-order valence-corrected chi connectivity index (χ3v) is 5.10. The predicted molar refractivity (Wildman–Crippen MR) is 85.9 cm³/mol. The molecule has 3 rings (SSSR count). The van der Waals surface area contributed by atoms with Gasteiger partial charge in [-0.25, -0.2) is 4.98 Å². The van der Waals surface area contributed by atoms with Crippen LogP contribution in [0.2, 0.25) is 4.34 Å². The first kappa shape index (κ1) is 12.9. The minimum absolute atomic E-state index is 0.852. The van der Waals surface area contributed by atoms with E-state index >= 15 is 0 Å². The lowest BCUT2D eigenvalue weighted by atomic mass is 10.2. The van der Waals surface area contributed by atoms with Crippen molar-refractivity contribution in [3.05, 3.63) is 45.1 Å². The number of thiazole rings is 1. The summed E-state index contributed by atoms with van der Waals surface area (Å²) in [6.07, 6.45) is 0.979. The Morgan fingerprint density at radius 1 is 1.21 bits per heavy atom. The molecule has 2 aromatic heterocycles. The number of thiophene rings is 1. The molecular weight excluding hydrogens is 296 g/mol. The molecule has 0 aliphatic rings. The minimum atomic E-state index is 0.852. The molecule has 5 heteroatoms. The molecule has 0 spiro atoms. The Kier molecular flexibility index (Phi) is 3.73. The van der Waals surface area contributed by atoms with Gasteiger partial charge >= 0.3 is 0 Å². The zero-order chi connectivity index (χ0) is 13.2. The summed E-state index contributed by atoms with van der Waals surface area (Å²) in [5, 5.41) is 4.37. The van der Waals surface area contributed by atoms with Crippen LogP contribution in [-0.4, -0.2) is 11.5 Å². The number of nitrogens with one attached hydrogen (secondary N) is 1. The molecule has 0 saturated carbocycles. The standard InChI is InChI=1S/C14H13ClN2S2/c1-9-2-4-12-11(8-9)17-14(19-12)16-7-6-10-3-5-13(15)18-10/h2-5,8H,6-7H2,1H3,(H,16,17). The quantitative estimate of drug-likeness (QED) is 0.735. The van der Waals surface area contributed by atoms with Gasteiger partial charge in [0.1, 0.15) is 0 Å². The lowest BCUT2D eigenvalue weighted by Gasteiger charge is -1.99. The number of aryl methyl sites for hydroxylation is 1. The highest BCUT2D eigenvalue weighted by Gasteiger charge is 2.04. The summed E-state index contributed by atoms with van der Waals surface area (Å²) in [7, 11) is 0. The van der Waals surface area contributed by atoms with Crippen molar-refractivity contribution in [3.63, 3.8) is 0 Å². The SMILES string of the molecule is Cc1ccc2sc(NCCc3ccc(Cl)s3)nc2c1. The van der Waals surface area contributed by atoms with Crippen LogP contribution in [0.3, 0.4) is 0 Å². The molecule has 0 radical (unpaired) electrons. The van der Waals surface area contributed by atoms with E-state index in [0.29, 0.717) is 0 Å². The molecule has 1 N–H and O–H groups in total. The first-order valence-electron chi connectivity index (χ1n) is 6.06. The van der Waals surface area contributed by atoms with E-state index in [2.05, 4.69) is 41.5 Å². The highest BCUT2D eigenvalue weighted by molar-refractivity contribution is 7.22. The van der Waals surface area contributed by atoms with E-state index in [1.54, 1.807) is 22.7 Å². The van der Waals surface area contributed by atoms with Crippen LogP contribution in [0.1, 0.15) is 10.4 Å². The number of rotatable bonds is 4. The third-order valence-electron chi connectivity index (χ3n) is 2.82. The van der Waals surface area contributed by atoms with Crippen molar-refractivity contribution in [2.75, 3.05) is 11.9 Å². The molecule has 0 aliphatic heterocycles. The summed E-state index contributed by atoms with van der Waals surface area (Å²) in [4.78, 5) is 5.90. The smallest absolute Gasteiger partial charge is 0.183 e. The van der Waals surface area contributed by atoms with Crippen LogP contribution in [0.5, 0.6) is 0 Å². The number of aromatic nitrogens is 1.